The molecule has 11 heavy (non-hydrogen) atoms. The third-order valence-electron chi connectivity index (χ3n) is 1.27. The molecule has 0 spiro atoms. The van der Waals surface area contributed by atoms with Gasteiger partial charge in [0.25, 0.3) is 5.78 Å². The van der Waals surface area contributed by atoms with E-state index < -0.39 is 13.8 Å². The van der Waals surface area contributed by atoms with Crippen molar-refractivity contribution in [2.24, 2.45) is 4.99 Å². The van der Waals surface area contributed by atoms with Crippen molar-refractivity contribution in [1.82, 2.24) is 0 Å². The maximum Gasteiger partial charge on any atom is 0.533 e. The van der Waals surface area contributed by atoms with Crippen molar-refractivity contribution in [1.29, 1.82) is 0 Å². The van der Waals surface area contributed by atoms with Crippen molar-refractivity contribution >= 4 is 14.1 Å². The van der Waals surface area contributed by atoms with Crippen LogP contribution in [-0.4, -0.2) is 16.8 Å². The minimum atomic E-state index is -2.36. The molecule has 0 amide bonds. The third-order valence-corrected chi connectivity index (χ3v) is 2.16. The molecule has 0 saturated carbocycles. The molecule has 0 saturated heterocycles. The normalized spacial score (nSPS) is 13.5. The molecule has 0 aromatic carbocycles. The molecule has 2 atom stereocenters. The lowest BCUT2D eigenvalue weighted by Crippen LogP contribution is -1.96. The lowest BCUT2D eigenvalue weighted by atomic mass is 10.2. The lowest BCUT2D eigenvalue weighted by Gasteiger charge is -1.93. The van der Waals surface area contributed by atoms with Gasteiger partial charge in [0.2, 0.25) is 6.08 Å². The van der Waals surface area contributed by atoms with Crippen molar-refractivity contribution in [3.63, 3.8) is 0 Å². The molecule has 0 aromatic rings. The fraction of sp³-hybridized carbons (Fsp3) is 0.833. The highest BCUT2D eigenvalue weighted by atomic mass is 31.1. The summed E-state index contributed by atoms with van der Waals surface area (Å²) >= 11 is 0. The molecule has 0 aliphatic rings. The highest BCUT2D eigenvalue weighted by molar-refractivity contribution is 7.38. The van der Waals surface area contributed by atoms with Gasteiger partial charge in [-0.2, -0.15) is 4.89 Å². The maximum absolute atomic E-state index is 10.5. The summed E-state index contributed by atoms with van der Waals surface area (Å²) < 4.78 is 10.5. The zero-order chi connectivity index (χ0) is 8.69. The van der Waals surface area contributed by atoms with Crippen LogP contribution in [0.5, 0.6) is 0 Å². The van der Waals surface area contributed by atoms with Gasteiger partial charge >= 0.3 is 8.03 Å². The molecule has 0 aromatic heterocycles. The van der Waals surface area contributed by atoms with Crippen LogP contribution in [0.1, 0.15) is 26.2 Å². The predicted octanol–water partition coefficient (Wildman–Crippen LogP) is 1.57. The molecule has 0 rings (SSSR count). The van der Waals surface area contributed by atoms with Gasteiger partial charge in [-0.3, -0.25) is 0 Å². The van der Waals surface area contributed by atoms with E-state index in [0.29, 0.717) is 6.42 Å². The van der Waals surface area contributed by atoms with Crippen LogP contribution >= 0.6 is 8.03 Å². The number of carbonyl (C=O) groups excluding carboxylic acids is 1. The number of isocyanates is 1. The molecule has 0 heterocycles. The SMILES string of the molecule is CCCCC(N=C=O)[P+](=O)O. The summed E-state index contributed by atoms with van der Waals surface area (Å²) in [5, 5.41) is 0. The van der Waals surface area contributed by atoms with Gasteiger partial charge in [-0.15, -0.1) is 4.99 Å². The van der Waals surface area contributed by atoms with Gasteiger partial charge in [-0.05, 0) is 11.0 Å². The van der Waals surface area contributed by atoms with Gasteiger partial charge in [0, 0.05) is 6.42 Å². The summed E-state index contributed by atoms with van der Waals surface area (Å²) in [6, 6.07) is 0. The van der Waals surface area contributed by atoms with Crippen LogP contribution in [0.15, 0.2) is 4.99 Å². The van der Waals surface area contributed by atoms with Crippen LogP contribution in [-0.2, 0) is 9.36 Å². The van der Waals surface area contributed by atoms with E-state index in [4.69, 9.17) is 4.89 Å². The highest BCUT2D eigenvalue weighted by Crippen LogP contribution is 2.27. The van der Waals surface area contributed by atoms with E-state index in [1.165, 1.54) is 6.08 Å². The molecular weight excluding hydrogens is 165 g/mol. The summed E-state index contributed by atoms with van der Waals surface area (Å²) in [6.45, 7) is 1.96. The molecule has 62 valence electrons. The molecule has 1 N–H and O–H groups in total. The van der Waals surface area contributed by atoms with Gasteiger partial charge in [0.05, 0.1) is 0 Å². The van der Waals surface area contributed by atoms with E-state index in [1.54, 1.807) is 0 Å². The van der Waals surface area contributed by atoms with Gasteiger partial charge in [0.15, 0.2) is 0 Å². The Bertz CT molecular complexity index is 175. The minimum absolute atomic E-state index is 0.484. The van der Waals surface area contributed by atoms with Crippen LogP contribution in [0.4, 0.5) is 0 Å². The van der Waals surface area contributed by atoms with Crippen LogP contribution < -0.4 is 0 Å². The molecule has 0 aliphatic heterocycles. The Labute approximate surface area is 66.2 Å². The van der Waals surface area contributed by atoms with E-state index in [0.717, 1.165) is 12.8 Å². The number of rotatable bonds is 5. The zero-order valence-electron chi connectivity index (χ0n) is 6.36. The van der Waals surface area contributed by atoms with E-state index >= 15 is 0 Å². The summed E-state index contributed by atoms with van der Waals surface area (Å²) in [5.74, 6) is -0.748. The first kappa shape index (κ1) is 10.4. The first-order chi connectivity index (χ1) is 5.22. The van der Waals surface area contributed by atoms with Crippen molar-refractivity contribution < 1.29 is 14.3 Å². The van der Waals surface area contributed by atoms with Crippen molar-refractivity contribution in [2.75, 3.05) is 0 Å². The van der Waals surface area contributed by atoms with Crippen molar-refractivity contribution in [3.8, 4) is 0 Å². The highest BCUT2D eigenvalue weighted by Gasteiger charge is 2.27. The Balaban J connectivity index is 3.89. The van der Waals surface area contributed by atoms with Gasteiger partial charge in [0.1, 0.15) is 0 Å². The van der Waals surface area contributed by atoms with Gasteiger partial charge in [-0.1, -0.05) is 13.3 Å². The number of hydrogen-bond acceptors (Lipinski definition) is 3. The van der Waals surface area contributed by atoms with E-state index in [2.05, 4.69) is 4.99 Å². The molecular formula is C6H11NO3P+. The molecule has 0 aliphatic carbocycles. The Morgan fingerprint density at radius 1 is 1.73 bits per heavy atom. The van der Waals surface area contributed by atoms with E-state index in [1.807, 2.05) is 6.92 Å². The molecule has 0 bridgehead atoms. The smallest absolute Gasteiger partial charge is 0.211 e. The molecule has 0 fully saturated rings. The van der Waals surface area contributed by atoms with Gasteiger partial charge in [-0.25, -0.2) is 4.79 Å². The van der Waals surface area contributed by atoms with E-state index in [-0.39, 0.29) is 0 Å². The average Bonchev–Trinajstić information content (AvgIpc) is 1.97. The molecule has 4 nitrogen and oxygen atoms in total. The number of unbranched alkanes of at least 4 members (excludes halogenated alkanes) is 1. The third kappa shape index (κ3) is 4.79. The lowest BCUT2D eigenvalue weighted by molar-refractivity contribution is 0.480. The minimum Gasteiger partial charge on any atom is -0.211 e. The van der Waals surface area contributed by atoms with Crippen molar-refractivity contribution in [3.05, 3.63) is 0 Å². The Morgan fingerprint density at radius 3 is 2.73 bits per heavy atom. The summed E-state index contributed by atoms with van der Waals surface area (Å²) in [5.41, 5.74) is 0. The fourth-order valence-corrected chi connectivity index (χ4v) is 1.22. The predicted molar refractivity (Wildman–Crippen MR) is 41.3 cm³/mol. The molecule has 0 radical (unpaired) electrons. The summed E-state index contributed by atoms with van der Waals surface area (Å²) in [7, 11) is -2.36. The Morgan fingerprint density at radius 2 is 2.36 bits per heavy atom. The quantitative estimate of drug-likeness (QED) is 0.392. The second-order valence-electron chi connectivity index (χ2n) is 2.15. The van der Waals surface area contributed by atoms with Gasteiger partial charge < -0.3 is 0 Å². The Hall–Kier alpha value is -0.560. The van der Waals surface area contributed by atoms with Crippen LogP contribution in [0.25, 0.3) is 0 Å². The number of nitrogens with zero attached hydrogens (tertiary/aromatic N) is 1. The van der Waals surface area contributed by atoms with Crippen molar-refractivity contribution in [2.45, 2.75) is 32.0 Å². The topological polar surface area (TPSA) is 66.7 Å². The monoisotopic (exact) mass is 176 g/mol. The number of aliphatic imine (C=N–C) groups is 1. The Kier molecular flexibility index (Phi) is 5.86. The first-order valence-electron chi connectivity index (χ1n) is 3.44. The second kappa shape index (κ2) is 6.17. The molecule has 5 heteroatoms. The zero-order valence-corrected chi connectivity index (χ0v) is 7.25. The fourth-order valence-electron chi connectivity index (χ4n) is 0.672. The van der Waals surface area contributed by atoms with E-state index in [9.17, 15) is 9.36 Å². The van der Waals surface area contributed by atoms with Crippen LogP contribution in [0, 0.1) is 0 Å². The second-order valence-corrected chi connectivity index (χ2v) is 3.35. The standard InChI is InChI=1S/C6H10NO3P/c1-2-3-4-6(7-5-8)11(9)10/h6H,2-4H2,1H3/p+1. The van der Waals surface area contributed by atoms with Crippen LogP contribution in [0.3, 0.4) is 0 Å². The summed E-state index contributed by atoms with van der Waals surface area (Å²) in [4.78, 5) is 21.6. The average molecular weight is 176 g/mol. The summed E-state index contributed by atoms with van der Waals surface area (Å²) in [6.07, 6.45) is 3.50. The largest absolute Gasteiger partial charge is 0.533 e. The number of hydrogen-bond donors (Lipinski definition) is 1. The maximum atomic E-state index is 10.5. The first-order valence-corrected chi connectivity index (χ1v) is 4.72. The van der Waals surface area contributed by atoms with Crippen LogP contribution in [0.2, 0.25) is 0 Å². The molecule has 2 unspecified atom stereocenters.